The minimum Gasteiger partial charge on any atom is -0.383 e. The molecule has 132 valence electrons. The Morgan fingerprint density at radius 3 is 2.78 bits per heavy atom. The van der Waals surface area contributed by atoms with E-state index in [4.69, 9.17) is 5.73 Å². The van der Waals surface area contributed by atoms with Crippen molar-refractivity contribution in [1.29, 1.82) is 0 Å². The number of aromatic amines is 1. The predicted octanol–water partition coefficient (Wildman–Crippen LogP) is 2.87. The summed E-state index contributed by atoms with van der Waals surface area (Å²) in [4.78, 5) is 4.62. The Kier molecular flexibility index (Phi) is 3.36. The summed E-state index contributed by atoms with van der Waals surface area (Å²) in [6.07, 6.45) is 4.36. The number of nitrogens with zero attached hydrogens (tertiary/aromatic N) is 6. The zero-order valence-electron chi connectivity index (χ0n) is 14.6. The molecule has 0 spiro atoms. The van der Waals surface area contributed by atoms with E-state index in [1.54, 1.807) is 16.9 Å². The summed E-state index contributed by atoms with van der Waals surface area (Å²) in [5.74, 6) is 1.04. The summed E-state index contributed by atoms with van der Waals surface area (Å²) in [5, 5.41) is 20.6. The van der Waals surface area contributed by atoms with E-state index in [0.29, 0.717) is 22.9 Å². The third-order valence-corrected chi connectivity index (χ3v) is 4.83. The highest BCUT2D eigenvalue weighted by Crippen LogP contribution is 2.36. The number of hydrogen-bond donors (Lipinski definition) is 2. The molecule has 8 heteroatoms. The average Bonchev–Trinajstić information content (AvgIpc) is 3.37. The summed E-state index contributed by atoms with van der Waals surface area (Å²) in [5.41, 5.74) is 11.0. The first-order valence-corrected chi connectivity index (χ1v) is 8.65. The minimum atomic E-state index is 0.504. The molecular formula is C19H16N8. The van der Waals surface area contributed by atoms with E-state index in [1.807, 2.05) is 12.1 Å². The van der Waals surface area contributed by atoms with Gasteiger partial charge in [0.2, 0.25) is 0 Å². The molecule has 0 unspecified atom stereocenters. The Labute approximate surface area is 154 Å². The molecule has 0 aliphatic heterocycles. The van der Waals surface area contributed by atoms with Crippen molar-refractivity contribution < 1.29 is 0 Å². The van der Waals surface area contributed by atoms with Gasteiger partial charge in [0.05, 0.1) is 11.8 Å². The van der Waals surface area contributed by atoms with Gasteiger partial charge in [-0.3, -0.25) is 0 Å². The summed E-state index contributed by atoms with van der Waals surface area (Å²) < 4.78 is 1.63. The van der Waals surface area contributed by atoms with E-state index in [1.165, 1.54) is 5.56 Å². The number of anilines is 1. The Bertz CT molecular complexity index is 1270. The highest BCUT2D eigenvalue weighted by Gasteiger charge is 2.18. The summed E-state index contributed by atoms with van der Waals surface area (Å²) >= 11 is 0. The van der Waals surface area contributed by atoms with E-state index in [2.05, 4.69) is 61.9 Å². The normalized spacial score (nSPS) is 11.4. The first-order chi connectivity index (χ1) is 13.3. The van der Waals surface area contributed by atoms with Gasteiger partial charge in [0.25, 0.3) is 0 Å². The van der Waals surface area contributed by atoms with E-state index in [0.717, 1.165) is 28.3 Å². The monoisotopic (exact) mass is 356 g/mol. The van der Waals surface area contributed by atoms with Crippen molar-refractivity contribution in [2.24, 2.45) is 0 Å². The van der Waals surface area contributed by atoms with Gasteiger partial charge < -0.3 is 5.73 Å². The van der Waals surface area contributed by atoms with Gasteiger partial charge in [-0.2, -0.15) is 9.61 Å². The Morgan fingerprint density at radius 2 is 1.96 bits per heavy atom. The van der Waals surface area contributed by atoms with Crippen LogP contribution in [0.5, 0.6) is 0 Å². The molecule has 2 aromatic carbocycles. The van der Waals surface area contributed by atoms with Gasteiger partial charge in [-0.25, -0.2) is 10.1 Å². The lowest BCUT2D eigenvalue weighted by Gasteiger charge is -2.14. The molecule has 3 aromatic heterocycles. The first kappa shape index (κ1) is 15.4. The summed E-state index contributed by atoms with van der Waals surface area (Å²) in [6.45, 7) is 2.14. The lowest BCUT2D eigenvalue weighted by Crippen LogP contribution is -2.04. The molecule has 8 nitrogen and oxygen atoms in total. The van der Waals surface area contributed by atoms with E-state index in [9.17, 15) is 0 Å². The molecule has 0 saturated heterocycles. The van der Waals surface area contributed by atoms with Gasteiger partial charge in [-0.05, 0) is 38.7 Å². The number of hydrogen-bond acceptors (Lipinski definition) is 6. The number of aryl methyl sites for hydroxylation is 1. The SMILES string of the molecule is CCc1ccc2ccccc2c1-c1cnc2c(-c3nnn[nH]3)cnn2c1N. The number of H-pyrrole nitrogens is 1. The van der Waals surface area contributed by atoms with E-state index < -0.39 is 0 Å². The first-order valence-electron chi connectivity index (χ1n) is 8.65. The van der Waals surface area contributed by atoms with Crippen molar-refractivity contribution in [3.63, 3.8) is 0 Å². The molecular weight excluding hydrogens is 340 g/mol. The Morgan fingerprint density at radius 1 is 1.07 bits per heavy atom. The van der Waals surface area contributed by atoms with Crippen molar-refractivity contribution in [2.45, 2.75) is 13.3 Å². The van der Waals surface area contributed by atoms with Crippen LogP contribution < -0.4 is 5.73 Å². The van der Waals surface area contributed by atoms with Crippen LogP contribution in [0.15, 0.2) is 48.8 Å². The standard InChI is InChI=1S/C19H16N8/c1-2-11-7-8-12-5-3-4-6-13(12)16(11)14-9-21-19-15(18-23-25-26-24-18)10-22-27(19)17(14)20/h3-10H,2,20H2,1H3,(H,23,24,25,26). The van der Waals surface area contributed by atoms with Crippen molar-refractivity contribution in [2.75, 3.05) is 5.73 Å². The molecule has 3 heterocycles. The second-order valence-electron chi connectivity index (χ2n) is 6.27. The van der Waals surface area contributed by atoms with Crippen molar-refractivity contribution in [3.8, 4) is 22.5 Å². The van der Waals surface area contributed by atoms with Crippen LogP contribution in [-0.2, 0) is 6.42 Å². The summed E-state index contributed by atoms with van der Waals surface area (Å²) in [6, 6.07) is 12.6. The van der Waals surface area contributed by atoms with Crippen LogP contribution in [0.3, 0.4) is 0 Å². The van der Waals surface area contributed by atoms with Gasteiger partial charge in [0.1, 0.15) is 5.82 Å². The van der Waals surface area contributed by atoms with Crippen molar-refractivity contribution >= 4 is 22.2 Å². The maximum absolute atomic E-state index is 6.53. The number of aromatic nitrogens is 7. The largest absolute Gasteiger partial charge is 0.383 e. The van der Waals surface area contributed by atoms with Gasteiger partial charge in [-0.1, -0.05) is 43.3 Å². The maximum atomic E-state index is 6.53. The topological polar surface area (TPSA) is 111 Å². The summed E-state index contributed by atoms with van der Waals surface area (Å²) in [7, 11) is 0. The van der Waals surface area contributed by atoms with Crippen molar-refractivity contribution in [3.05, 3.63) is 54.4 Å². The maximum Gasteiger partial charge on any atom is 0.184 e. The highest BCUT2D eigenvalue weighted by atomic mass is 15.5. The smallest absolute Gasteiger partial charge is 0.184 e. The molecule has 0 saturated carbocycles. The average molecular weight is 356 g/mol. The number of nitrogen functional groups attached to an aromatic ring is 1. The molecule has 27 heavy (non-hydrogen) atoms. The Balaban J connectivity index is 1.80. The fourth-order valence-corrected chi connectivity index (χ4v) is 3.51. The Hall–Kier alpha value is -3.81. The predicted molar refractivity (Wildman–Crippen MR) is 103 cm³/mol. The quantitative estimate of drug-likeness (QED) is 0.514. The molecule has 0 aliphatic carbocycles. The number of tetrazole rings is 1. The third-order valence-electron chi connectivity index (χ3n) is 4.83. The van der Waals surface area contributed by atoms with Crippen LogP contribution in [0.2, 0.25) is 0 Å². The van der Waals surface area contributed by atoms with Gasteiger partial charge in [0.15, 0.2) is 11.5 Å². The minimum absolute atomic E-state index is 0.504. The van der Waals surface area contributed by atoms with Crippen LogP contribution in [0.25, 0.3) is 38.9 Å². The number of rotatable bonds is 3. The second kappa shape index (κ2) is 5.87. The lowest BCUT2D eigenvalue weighted by molar-refractivity contribution is 0.881. The third kappa shape index (κ3) is 2.27. The second-order valence-corrected chi connectivity index (χ2v) is 6.27. The molecule has 0 fully saturated rings. The van der Waals surface area contributed by atoms with Crippen molar-refractivity contribution in [1.82, 2.24) is 35.2 Å². The van der Waals surface area contributed by atoms with Crippen LogP contribution in [0.4, 0.5) is 5.82 Å². The molecule has 3 N–H and O–H groups in total. The number of nitrogens with one attached hydrogen (secondary N) is 1. The number of fused-ring (bicyclic) bond motifs is 2. The lowest BCUT2D eigenvalue weighted by atomic mass is 9.93. The zero-order chi connectivity index (χ0) is 18.4. The zero-order valence-corrected chi connectivity index (χ0v) is 14.6. The molecule has 0 amide bonds. The van der Waals surface area contributed by atoms with E-state index >= 15 is 0 Å². The van der Waals surface area contributed by atoms with Gasteiger partial charge >= 0.3 is 0 Å². The molecule has 0 aliphatic rings. The van der Waals surface area contributed by atoms with Crippen LogP contribution in [0.1, 0.15) is 12.5 Å². The highest BCUT2D eigenvalue weighted by molar-refractivity contribution is 6.00. The molecule has 5 rings (SSSR count). The number of benzene rings is 2. The van der Waals surface area contributed by atoms with Gasteiger partial charge in [-0.15, -0.1) is 5.10 Å². The molecule has 0 bridgehead atoms. The fourth-order valence-electron chi connectivity index (χ4n) is 3.51. The van der Waals surface area contributed by atoms with Crippen LogP contribution in [-0.4, -0.2) is 35.2 Å². The van der Waals surface area contributed by atoms with Gasteiger partial charge in [0, 0.05) is 11.8 Å². The van der Waals surface area contributed by atoms with Crippen LogP contribution in [0, 0.1) is 0 Å². The molecule has 5 aromatic rings. The molecule has 0 atom stereocenters. The number of nitrogens with two attached hydrogens (primary N) is 1. The fraction of sp³-hybridized carbons (Fsp3) is 0.105. The van der Waals surface area contributed by atoms with E-state index in [-0.39, 0.29) is 0 Å². The van der Waals surface area contributed by atoms with Crippen LogP contribution >= 0.6 is 0 Å². The molecule has 0 radical (unpaired) electrons.